The average molecular weight is 519 g/mol. The highest BCUT2D eigenvalue weighted by Crippen LogP contribution is 2.32. The highest BCUT2D eigenvalue weighted by molar-refractivity contribution is 9.10. The zero-order chi connectivity index (χ0) is 23.1. The number of halogens is 1. The number of nitrogens with two attached hydrogens (primary N) is 1. The lowest BCUT2D eigenvalue weighted by Gasteiger charge is -2.23. The van der Waals surface area contributed by atoms with E-state index in [2.05, 4.69) is 40.8 Å². The minimum atomic E-state index is -0.645. The number of hydrogen-bond acceptors (Lipinski definition) is 7. The molecular weight excluding hydrogens is 496 g/mol. The summed E-state index contributed by atoms with van der Waals surface area (Å²) >= 11 is 3.68. The maximum Gasteiger partial charge on any atom is 0.167 e. The molecule has 10 heteroatoms. The van der Waals surface area contributed by atoms with E-state index in [0.717, 1.165) is 52.7 Å². The van der Waals surface area contributed by atoms with Gasteiger partial charge >= 0.3 is 0 Å². The van der Waals surface area contributed by atoms with E-state index in [9.17, 15) is 0 Å². The van der Waals surface area contributed by atoms with E-state index in [-0.39, 0.29) is 6.23 Å². The molecule has 9 nitrogen and oxygen atoms in total. The average Bonchev–Trinajstić information content (AvgIpc) is 3.49. The summed E-state index contributed by atoms with van der Waals surface area (Å²) in [5.74, 6) is 1.22. The highest BCUT2D eigenvalue weighted by Gasteiger charge is 2.23. The van der Waals surface area contributed by atoms with Crippen molar-refractivity contribution in [2.75, 3.05) is 11.9 Å². The molecule has 2 atom stereocenters. The maximum atomic E-state index is 6.69. The van der Waals surface area contributed by atoms with E-state index < -0.39 is 6.17 Å². The first kappa shape index (κ1) is 21.2. The van der Waals surface area contributed by atoms with Crippen molar-refractivity contribution in [3.05, 3.63) is 71.5 Å². The van der Waals surface area contributed by atoms with E-state index in [1.807, 2.05) is 53.1 Å². The molecule has 0 radical (unpaired) electrons. The molecule has 6 rings (SSSR count). The number of ether oxygens (including phenoxy) is 1. The van der Waals surface area contributed by atoms with Crippen LogP contribution in [0.4, 0.5) is 5.82 Å². The molecule has 1 saturated heterocycles. The molecule has 1 unspecified atom stereocenters. The SMILES string of the molecule is N[C@H](Nc1ncnc2c1ncn2C1CCCCO1)c1nc2cccc(Br)c2n1-c1ccccc1. The van der Waals surface area contributed by atoms with E-state index in [4.69, 9.17) is 15.5 Å². The van der Waals surface area contributed by atoms with Gasteiger partial charge in [0.15, 0.2) is 22.8 Å². The third-order valence-corrected chi connectivity index (χ3v) is 6.70. The molecule has 1 aliphatic heterocycles. The van der Waals surface area contributed by atoms with Crippen LogP contribution in [-0.2, 0) is 4.74 Å². The first-order valence-electron chi connectivity index (χ1n) is 11.2. The number of aromatic nitrogens is 6. The van der Waals surface area contributed by atoms with E-state index in [0.29, 0.717) is 17.2 Å². The van der Waals surface area contributed by atoms with Gasteiger partial charge in [0, 0.05) is 16.8 Å². The van der Waals surface area contributed by atoms with Crippen LogP contribution >= 0.6 is 15.9 Å². The van der Waals surface area contributed by atoms with Gasteiger partial charge in [-0.15, -0.1) is 0 Å². The van der Waals surface area contributed by atoms with Crippen LogP contribution in [-0.4, -0.2) is 35.7 Å². The summed E-state index contributed by atoms with van der Waals surface area (Å²) in [4.78, 5) is 18.4. The number of benzene rings is 2. The summed E-state index contributed by atoms with van der Waals surface area (Å²) < 4.78 is 10.9. The van der Waals surface area contributed by atoms with Gasteiger partial charge in [-0.25, -0.2) is 19.9 Å². The van der Waals surface area contributed by atoms with Crippen molar-refractivity contribution >= 4 is 43.9 Å². The molecule has 0 spiro atoms. The molecule has 0 amide bonds. The predicted octanol–water partition coefficient (Wildman–Crippen LogP) is 4.70. The van der Waals surface area contributed by atoms with Gasteiger partial charge in [-0.05, 0) is 59.5 Å². The van der Waals surface area contributed by atoms with Crippen LogP contribution in [0.15, 0.2) is 65.7 Å². The Labute approximate surface area is 204 Å². The normalized spacial score (nSPS) is 17.3. The number of para-hydroxylation sites is 2. The van der Waals surface area contributed by atoms with Crippen molar-refractivity contribution in [3.8, 4) is 5.69 Å². The molecule has 0 saturated carbocycles. The van der Waals surface area contributed by atoms with Crippen molar-refractivity contribution in [1.82, 2.24) is 29.1 Å². The van der Waals surface area contributed by atoms with Gasteiger partial charge in [-0.2, -0.15) is 0 Å². The monoisotopic (exact) mass is 518 g/mol. The number of nitrogens with zero attached hydrogens (tertiary/aromatic N) is 6. The topological polar surface area (TPSA) is 109 Å². The van der Waals surface area contributed by atoms with Crippen LogP contribution in [0, 0.1) is 0 Å². The third-order valence-electron chi connectivity index (χ3n) is 6.06. The molecule has 1 aliphatic rings. The van der Waals surface area contributed by atoms with Gasteiger partial charge in [0.05, 0.1) is 17.4 Å². The van der Waals surface area contributed by atoms with Crippen LogP contribution in [0.25, 0.3) is 27.9 Å². The van der Waals surface area contributed by atoms with E-state index in [1.165, 1.54) is 6.33 Å². The second-order valence-electron chi connectivity index (χ2n) is 8.24. The Morgan fingerprint density at radius 3 is 2.76 bits per heavy atom. The largest absolute Gasteiger partial charge is 0.358 e. The number of fused-ring (bicyclic) bond motifs is 2. The van der Waals surface area contributed by atoms with Crippen molar-refractivity contribution < 1.29 is 4.74 Å². The molecular formula is C24H23BrN8O. The maximum absolute atomic E-state index is 6.69. The number of nitrogens with one attached hydrogen (secondary N) is 1. The molecule has 2 aromatic carbocycles. The fourth-order valence-electron chi connectivity index (χ4n) is 4.47. The molecule has 4 heterocycles. The Morgan fingerprint density at radius 2 is 1.94 bits per heavy atom. The molecule has 3 N–H and O–H groups in total. The fraction of sp³-hybridized carbons (Fsp3) is 0.250. The van der Waals surface area contributed by atoms with E-state index in [1.54, 1.807) is 6.33 Å². The summed E-state index contributed by atoms with van der Waals surface area (Å²) in [7, 11) is 0. The summed E-state index contributed by atoms with van der Waals surface area (Å²) in [5.41, 5.74) is 10.8. The van der Waals surface area contributed by atoms with Crippen LogP contribution in [0.3, 0.4) is 0 Å². The standard InChI is InChI=1S/C24H23BrN8O/c25-16-9-6-10-17-20(16)33(15-7-2-1-3-8-15)24(30-17)21(26)31-22-19-23(28-13-27-22)32(14-29-19)18-11-4-5-12-34-18/h1-3,6-10,13-14,18,21H,4-5,11-12,26H2,(H,27,28,31)/t18?,21-/m1/s1. The zero-order valence-electron chi connectivity index (χ0n) is 18.3. The van der Waals surface area contributed by atoms with Crippen molar-refractivity contribution in [2.45, 2.75) is 31.7 Å². The highest BCUT2D eigenvalue weighted by atomic mass is 79.9. The molecule has 172 valence electrons. The van der Waals surface area contributed by atoms with Gasteiger partial charge in [0.1, 0.15) is 18.7 Å². The molecule has 5 aromatic rings. The quantitative estimate of drug-likeness (QED) is 0.324. The molecule has 0 aliphatic carbocycles. The summed E-state index contributed by atoms with van der Waals surface area (Å²) in [5, 5.41) is 3.32. The van der Waals surface area contributed by atoms with Crippen LogP contribution < -0.4 is 11.1 Å². The minimum Gasteiger partial charge on any atom is -0.358 e. The smallest absolute Gasteiger partial charge is 0.167 e. The van der Waals surface area contributed by atoms with Gasteiger partial charge in [0.25, 0.3) is 0 Å². The predicted molar refractivity (Wildman–Crippen MR) is 133 cm³/mol. The lowest BCUT2D eigenvalue weighted by Crippen LogP contribution is -2.24. The second kappa shape index (κ2) is 8.79. The first-order valence-corrected chi connectivity index (χ1v) is 12.0. The second-order valence-corrected chi connectivity index (χ2v) is 9.09. The van der Waals surface area contributed by atoms with Crippen molar-refractivity contribution in [1.29, 1.82) is 0 Å². The Bertz CT molecular complexity index is 1460. The van der Waals surface area contributed by atoms with Gasteiger partial charge in [-0.3, -0.25) is 9.13 Å². The molecule has 34 heavy (non-hydrogen) atoms. The number of imidazole rings is 2. The Kier molecular flexibility index (Phi) is 5.48. The molecule has 0 bridgehead atoms. The Balaban J connectivity index is 1.41. The van der Waals surface area contributed by atoms with Crippen LogP contribution in [0.5, 0.6) is 0 Å². The van der Waals surface area contributed by atoms with Gasteiger partial charge < -0.3 is 15.8 Å². The number of anilines is 1. The molecule has 1 fully saturated rings. The van der Waals surface area contributed by atoms with Crippen molar-refractivity contribution in [2.24, 2.45) is 5.73 Å². The van der Waals surface area contributed by atoms with Crippen LogP contribution in [0.1, 0.15) is 37.5 Å². The van der Waals surface area contributed by atoms with Gasteiger partial charge in [-0.1, -0.05) is 24.3 Å². The number of rotatable bonds is 5. The van der Waals surface area contributed by atoms with Gasteiger partial charge in [0.2, 0.25) is 0 Å². The summed E-state index contributed by atoms with van der Waals surface area (Å²) in [6, 6.07) is 16.0. The Hall–Kier alpha value is -3.34. The lowest BCUT2D eigenvalue weighted by atomic mass is 10.2. The lowest BCUT2D eigenvalue weighted by molar-refractivity contribution is -0.0298. The fourth-order valence-corrected chi connectivity index (χ4v) is 5.01. The Morgan fingerprint density at radius 1 is 1.06 bits per heavy atom. The zero-order valence-corrected chi connectivity index (χ0v) is 19.9. The van der Waals surface area contributed by atoms with Crippen LogP contribution in [0.2, 0.25) is 0 Å². The van der Waals surface area contributed by atoms with E-state index >= 15 is 0 Å². The molecule has 3 aromatic heterocycles. The van der Waals surface area contributed by atoms with Crippen molar-refractivity contribution in [3.63, 3.8) is 0 Å². The first-order chi connectivity index (χ1) is 16.7. The summed E-state index contributed by atoms with van der Waals surface area (Å²) in [6.45, 7) is 0.747. The summed E-state index contributed by atoms with van der Waals surface area (Å²) in [6.07, 6.45) is 5.73. The third kappa shape index (κ3) is 3.64. The minimum absolute atomic E-state index is 0.0604. The number of hydrogen-bond donors (Lipinski definition) is 2.